The van der Waals surface area contributed by atoms with Crippen LogP contribution in [0.1, 0.15) is 17.0 Å². The van der Waals surface area contributed by atoms with Gasteiger partial charge in [-0.05, 0) is 31.5 Å². The van der Waals surface area contributed by atoms with Crippen LogP contribution in [0.25, 0.3) is 0 Å². The summed E-state index contributed by atoms with van der Waals surface area (Å²) in [5, 5.41) is 12.0. The zero-order valence-corrected chi connectivity index (χ0v) is 11.3. The summed E-state index contributed by atoms with van der Waals surface area (Å²) in [5.74, 6) is 2.63. The molecule has 0 atom stereocenters. The van der Waals surface area contributed by atoms with Gasteiger partial charge in [-0.2, -0.15) is 4.98 Å². The van der Waals surface area contributed by atoms with E-state index in [0.29, 0.717) is 17.5 Å². The Kier molecular flexibility index (Phi) is 3.97. The van der Waals surface area contributed by atoms with Gasteiger partial charge in [0, 0.05) is 7.05 Å². The number of aliphatic hydroxyl groups excluding tert-OH is 1. The van der Waals surface area contributed by atoms with E-state index in [0.717, 1.165) is 16.9 Å². The highest BCUT2D eigenvalue weighted by Gasteiger charge is 2.10. The van der Waals surface area contributed by atoms with Crippen LogP contribution in [0, 0.1) is 13.8 Å². The maximum absolute atomic E-state index is 9.00. The van der Waals surface area contributed by atoms with E-state index in [1.807, 2.05) is 45.2 Å². The highest BCUT2D eigenvalue weighted by Crippen LogP contribution is 2.26. The highest BCUT2D eigenvalue weighted by molar-refractivity contribution is 5.49. The van der Waals surface area contributed by atoms with Gasteiger partial charge in [-0.15, -0.1) is 0 Å². The molecule has 2 aromatic rings. The average Bonchev–Trinajstić information content (AvgIpc) is 2.43. The van der Waals surface area contributed by atoms with Gasteiger partial charge >= 0.3 is 0 Å². The maximum atomic E-state index is 9.00. The Morgan fingerprint density at radius 1 is 1.16 bits per heavy atom. The molecule has 1 aromatic carbocycles. The smallest absolute Gasteiger partial charge is 0.227 e. The number of benzene rings is 1. The van der Waals surface area contributed by atoms with Crippen molar-refractivity contribution in [3.63, 3.8) is 0 Å². The van der Waals surface area contributed by atoms with Crippen molar-refractivity contribution in [2.75, 3.05) is 12.4 Å². The summed E-state index contributed by atoms with van der Waals surface area (Å²) in [4.78, 5) is 8.58. The van der Waals surface area contributed by atoms with Crippen molar-refractivity contribution in [1.82, 2.24) is 9.97 Å². The topological polar surface area (TPSA) is 67.3 Å². The first-order valence-corrected chi connectivity index (χ1v) is 6.04. The standard InChI is InChI=1S/C14H17N3O2/c1-9-13(15-3)16-10(2)17-14(9)19-12-6-4-11(8-18)5-7-12/h4-7,18H,8H2,1-3H3,(H,15,16,17). The number of anilines is 1. The molecule has 2 rings (SSSR count). The van der Waals surface area contributed by atoms with Crippen LogP contribution in [-0.4, -0.2) is 22.1 Å². The van der Waals surface area contributed by atoms with Gasteiger partial charge in [-0.25, -0.2) is 4.98 Å². The van der Waals surface area contributed by atoms with Crippen LogP contribution < -0.4 is 10.1 Å². The molecule has 0 radical (unpaired) electrons. The first-order chi connectivity index (χ1) is 9.13. The van der Waals surface area contributed by atoms with Crippen molar-refractivity contribution < 1.29 is 9.84 Å². The summed E-state index contributed by atoms with van der Waals surface area (Å²) in [6.07, 6.45) is 0. The fourth-order valence-electron chi connectivity index (χ4n) is 1.72. The molecule has 2 N–H and O–H groups in total. The van der Waals surface area contributed by atoms with Crippen LogP contribution in [0.15, 0.2) is 24.3 Å². The maximum Gasteiger partial charge on any atom is 0.227 e. The van der Waals surface area contributed by atoms with E-state index >= 15 is 0 Å². The zero-order valence-electron chi connectivity index (χ0n) is 11.3. The van der Waals surface area contributed by atoms with Crippen molar-refractivity contribution in [1.29, 1.82) is 0 Å². The molecule has 19 heavy (non-hydrogen) atoms. The van der Waals surface area contributed by atoms with Gasteiger partial charge in [-0.1, -0.05) is 12.1 Å². The van der Waals surface area contributed by atoms with Gasteiger partial charge in [0.15, 0.2) is 0 Å². The van der Waals surface area contributed by atoms with E-state index in [2.05, 4.69) is 15.3 Å². The molecule has 0 aliphatic heterocycles. The molecule has 0 spiro atoms. The monoisotopic (exact) mass is 259 g/mol. The van der Waals surface area contributed by atoms with E-state index in [9.17, 15) is 0 Å². The van der Waals surface area contributed by atoms with Crippen molar-refractivity contribution in [3.8, 4) is 11.6 Å². The second kappa shape index (κ2) is 5.67. The Balaban J connectivity index is 2.29. The van der Waals surface area contributed by atoms with Gasteiger partial charge in [0.05, 0.1) is 12.2 Å². The van der Waals surface area contributed by atoms with E-state index in [-0.39, 0.29) is 6.61 Å². The normalized spacial score (nSPS) is 10.3. The minimum Gasteiger partial charge on any atom is -0.439 e. The number of ether oxygens (including phenoxy) is 1. The van der Waals surface area contributed by atoms with Gasteiger partial charge in [-0.3, -0.25) is 0 Å². The fourth-order valence-corrected chi connectivity index (χ4v) is 1.72. The second-order valence-corrected chi connectivity index (χ2v) is 4.20. The van der Waals surface area contributed by atoms with E-state index in [1.165, 1.54) is 0 Å². The number of hydrogen-bond acceptors (Lipinski definition) is 5. The van der Waals surface area contributed by atoms with Crippen LogP contribution in [-0.2, 0) is 6.61 Å². The lowest BCUT2D eigenvalue weighted by molar-refractivity contribution is 0.281. The number of aliphatic hydroxyl groups is 1. The van der Waals surface area contributed by atoms with Crippen LogP contribution in [0.3, 0.4) is 0 Å². The molecule has 1 heterocycles. The first kappa shape index (κ1) is 13.3. The minimum absolute atomic E-state index is 0.0236. The van der Waals surface area contributed by atoms with Crippen molar-refractivity contribution in [3.05, 3.63) is 41.2 Å². The molecule has 5 heteroatoms. The molecule has 0 amide bonds. The van der Waals surface area contributed by atoms with E-state index < -0.39 is 0 Å². The molecule has 0 aliphatic carbocycles. The Labute approximate surface area is 112 Å². The van der Waals surface area contributed by atoms with Crippen LogP contribution >= 0.6 is 0 Å². The third kappa shape index (κ3) is 3.00. The zero-order chi connectivity index (χ0) is 13.8. The minimum atomic E-state index is 0.0236. The summed E-state index contributed by atoms with van der Waals surface area (Å²) >= 11 is 0. The van der Waals surface area contributed by atoms with Crippen molar-refractivity contribution in [2.45, 2.75) is 20.5 Å². The highest BCUT2D eigenvalue weighted by atomic mass is 16.5. The molecule has 100 valence electrons. The Hall–Kier alpha value is -2.14. The Morgan fingerprint density at radius 2 is 1.84 bits per heavy atom. The van der Waals surface area contributed by atoms with Crippen LogP contribution in [0.4, 0.5) is 5.82 Å². The largest absolute Gasteiger partial charge is 0.439 e. The van der Waals surface area contributed by atoms with Crippen LogP contribution in [0.2, 0.25) is 0 Å². The van der Waals surface area contributed by atoms with E-state index in [1.54, 1.807) is 0 Å². The molecule has 0 saturated carbocycles. The molecule has 1 aromatic heterocycles. The number of hydrogen-bond donors (Lipinski definition) is 2. The molecule has 0 unspecified atom stereocenters. The van der Waals surface area contributed by atoms with Gasteiger partial charge in [0.1, 0.15) is 17.4 Å². The van der Waals surface area contributed by atoms with E-state index in [4.69, 9.17) is 9.84 Å². The van der Waals surface area contributed by atoms with Crippen molar-refractivity contribution >= 4 is 5.82 Å². The van der Waals surface area contributed by atoms with Gasteiger partial charge < -0.3 is 15.2 Å². The van der Waals surface area contributed by atoms with Crippen molar-refractivity contribution in [2.24, 2.45) is 0 Å². The summed E-state index contributed by atoms with van der Waals surface area (Å²) in [6.45, 7) is 3.75. The average molecular weight is 259 g/mol. The Morgan fingerprint density at radius 3 is 2.42 bits per heavy atom. The number of aryl methyl sites for hydroxylation is 1. The molecule has 5 nitrogen and oxygen atoms in total. The molecule has 0 fully saturated rings. The molecule has 0 saturated heterocycles. The van der Waals surface area contributed by atoms with Gasteiger partial charge in [0.25, 0.3) is 0 Å². The molecular weight excluding hydrogens is 242 g/mol. The lowest BCUT2D eigenvalue weighted by Gasteiger charge is -2.11. The van der Waals surface area contributed by atoms with Crippen LogP contribution in [0.5, 0.6) is 11.6 Å². The first-order valence-electron chi connectivity index (χ1n) is 6.04. The SMILES string of the molecule is CNc1nc(C)nc(Oc2ccc(CO)cc2)c1C. The third-order valence-corrected chi connectivity index (χ3v) is 2.77. The fraction of sp³-hybridized carbons (Fsp3) is 0.286. The number of nitrogens with zero attached hydrogens (tertiary/aromatic N) is 2. The molecule has 0 bridgehead atoms. The number of rotatable bonds is 4. The number of aromatic nitrogens is 2. The summed E-state index contributed by atoms with van der Waals surface area (Å²) in [6, 6.07) is 7.25. The summed E-state index contributed by atoms with van der Waals surface area (Å²) < 4.78 is 5.76. The molecule has 0 aliphatic rings. The quantitative estimate of drug-likeness (QED) is 0.882. The summed E-state index contributed by atoms with van der Waals surface area (Å²) in [7, 11) is 1.81. The predicted molar refractivity (Wildman–Crippen MR) is 73.5 cm³/mol. The Bertz CT molecular complexity index is 568. The number of nitrogens with one attached hydrogen (secondary N) is 1. The second-order valence-electron chi connectivity index (χ2n) is 4.20. The summed E-state index contributed by atoms with van der Waals surface area (Å²) in [5.41, 5.74) is 1.71. The van der Waals surface area contributed by atoms with Gasteiger partial charge in [0.2, 0.25) is 5.88 Å². The predicted octanol–water partition coefficient (Wildman–Crippen LogP) is 2.42. The lowest BCUT2D eigenvalue weighted by atomic mass is 10.2. The third-order valence-electron chi connectivity index (χ3n) is 2.77. The molecular formula is C14H17N3O2. The lowest BCUT2D eigenvalue weighted by Crippen LogP contribution is -2.02.